The van der Waals surface area contributed by atoms with Gasteiger partial charge in [-0.1, -0.05) is 185 Å². The molecule has 0 N–H and O–H groups in total. The minimum absolute atomic E-state index is 0.982. The van der Waals surface area contributed by atoms with Gasteiger partial charge in [-0.05, 0) is 69.2 Å². The lowest BCUT2D eigenvalue weighted by atomic mass is 9.77. The Balaban J connectivity index is 3.62. The first-order valence-corrected chi connectivity index (χ1v) is 14.0. The van der Waals surface area contributed by atoms with Crippen LogP contribution in [0, 0.1) is 0 Å². The van der Waals surface area contributed by atoms with Gasteiger partial charge < -0.3 is 0 Å². The molecule has 2 aromatic carbocycles. The quantitative estimate of drug-likeness (QED) is 0.195. The van der Waals surface area contributed by atoms with Crippen LogP contribution in [0.25, 0.3) is 33.1 Å². The van der Waals surface area contributed by atoms with Crippen LogP contribution in [-0.2, 0) is 0 Å². The number of rotatable bonds is 15. The maximum absolute atomic E-state index is 4.23. The Morgan fingerprint density at radius 1 is 0.452 bits per heavy atom. The van der Waals surface area contributed by atoms with Crippen LogP contribution in [0.5, 0.6) is 0 Å². The Hall–Kier alpha value is -5.20. The van der Waals surface area contributed by atoms with Gasteiger partial charge in [0.15, 0.2) is 0 Å². The smallest absolute Gasteiger partial charge is 0.00141 e. The van der Waals surface area contributed by atoms with Crippen LogP contribution in [0.1, 0.15) is 36.1 Å². The number of allylic oxidation sites excluding steroid dienone is 24. The van der Waals surface area contributed by atoms with E-state index in [0.717, 1.165) is 55.3 Å². The van der Waals surface area contributed by atoms with Gasteiger partial charge in [0.05, 0.1) is 0 Å². The first-order valence-electron chi connectivity index (χ1n) is 14.0. The van der Waals surface area contributed by atoms with Gasteiger partial charge >= 0.3 is 0 Å². The van der Waals surface area contributed by atoms with Gasteiger partial charge in [0.25, 0.3) is 0 Å². The van der Waals surface area contributed by atoms with Gasteiger partial charge in [-0.15, -0.1) is 0 Å². The fraction of sp³-hybridized carbons (Fsp3) is 0.0476. The van der Waals surface area contributed by atoms with Crippen molar-refractivity contribution in [2.45, 2.75) is 13.8 Å². The van der Waals surface area contributed by atoms with Crippen molar-refractivity contribution in [3.8, 4) is 0 Å². The van der Waals surface area contributed by atoms with Gasteiger partial charge in [-0.25, -0.2) is 0 Å². The Bertz CT molecular complexity index is 1610. The van der Waals surface area contributed by atoms with E-state index in [9.17, 15) is 0 Å². The third kappa shape index (κ3) is 8.16. The fourth-order valence-corrected chi connectivity index (χ4v) is 4.75. The second-order valence-corrected chi connectivity index (χ2v) is 9.05. The molecule has 2 rings (SSSR count). The molecule has 0 aliphatic rings. The molecule has 0 nitrogen and oxygen atoms in total. The number of hydrogen-bond acceptors (Lipinski definition) is 0. The number of fused-ring (bicyclic) bond motifs is 1. The molecular formula is C42H42. The Morgan fingerprint density at radius 3 is 1.38 bits per heavy atom. The van der Waals surface area contributed by atoms with E-state index in [0.29, 0.717) is 0 Å². The van der Waals surface area contributed by atoms with Crippen LogP contribution in [-0.4, -0.2) is 0 Å². The van der Waals surface area contributed by atoms with Crippen LogP contribution in [0.4, 0.5) is 0 Å². The maximum Gasteiger partial charge on any atom is -0.00141 e. The highest BCUT2D eigenvalue weighted by Crippen LogP contribution is 2.45. The second-order valence-electron chi connectivity index (χ2n) is 9.05. The summed E-state index contributed by atoms with van der Waals surface area (Å²) in [5.41, 5.74) is 8.32. The van der Waals surface area contributed by atoms with Gasteiger partial charge in [0.2, 0.25) is 0 Å². The maximum atomic E-state index is 4.23. The Labute approximate surface area is 253 Å². The minimum Gasteiger partial charge on any atom is -0.0991 e. The topological polar surface area (TPSA) is 0 Å². The average Bonchev–Trinajstić information content (AvgIpc) is 3.01. The molecule has 0 saturated carbocycles. The van der Waals surface area contributed by atoms with Gasteiger partial charge in [0, 0.05) is 0 Å². The molecule has 0 saturated heterocycles. The van der Waals surface area contributed by atoms with E-state index in [2.05, 4.69) is 106 Å². The highest BCUT2D eigenvalue weighted by atomic mass is 14.3. The zero-order valence-corrected chi connectivity index (χ0v) is 25.1. The van der Waals surface area contributed by atoms with Crippen molar-refractivity contribution in [3.05, 3.63) is 208 Å². The first kappa shape index (κ1) is 33.0. The SMILES string of the molecule is C=C/C=C\C=C(/C=C)c1c(C(/C=C\C=C)=C/C=C)c(C(/C=C\C)=C/C=C\C)c(C(/C=C\C=C)=C/C=C)c2ccccc12. The van der Waals surface area contributed by atoms with E-state index in [-0.39, 0.29) is 0 Å². The van der Waals surface area contributed by atoms with E-state index in [1.54, 1.807) is 18.2 Å². The predicted octanol–water partition coefficient (Wildman–Crippen LogP) is 12.3. The monoisotopic (exact) mass is 546 g/mol. The Kier molecular flexibility index (Phi) is 14.3. The third-order valence-corrected chi connectivity index (χ3v) is 6.35. The Morgan fingerprint density at radius 2 is 0.929 bits per heavy atom. The summed E-state index contributed by atoms with van der Waals surface area (Å²) in [6.07, 6.45) is 39.5. The second kappa shape index (κ2) is 18.2. The summed E-state index contributed by atoms with van der Waals surface area (Å²) >= 11 is 0. The molecule has 0 atom stereocenters. The van der Waals surface area contributed by atoms with Gasteiger partial charge in [0.1, 0.15) is 0 Å². The molecule has 0 aliphatic heterocycles. The van der Waals surface area contributed by atoms with Crippen molar-refractivity contribution in [3.63, 3.8) is 0 Å². The first-order chi connectivity index (χ1) is 20.6. The molecule has 0 heterocycles. The van der Waals surface area contributed by atoms with E-state index in [1.807, 2.05) is 74.6 Å². The molecule has 0 heteroatoms. The van der Waals surface area contributed by atoms with Crippen molar-refractivity contribution in [1.29, 1.82) is 0 Å². The molecular weight excluding hydrogens is 504 g/mol. The summed E-state index contributed by atoms with van der Waals surface area (Å²) in [4.78, 5) is 0. The number of hydrogen-bond donors (Lipinski definition) is 0. The van der Waals surface area contributed by atoms with Crippen LogP contribution >= 0.6 is 0 Å². The van der Waals surface area contributed by atoms with Crippen molar-refractivity contribution in [1.82, 2.24) is 0 Å². The zero-order valence-electron chi connectivity index (χ0n) is 25.1. The van der Waals surface area contributed by atoms with Crippen LogP contribution in [0.2, 0.25) is 0 Å². The van der Waals surface area contributed by atoms with Crippen LogP contribution < -0.4 is 0 Å². The summed E-state index contributed by atoms with van der Waals surface area (Å²) in [5.74, 6) is 0. The molecule has 210 valence electrons. The lowest BCUT2D eigenvalue weighted by Gasteiger charge is -2.25. The van der Waals surface area contributed by atoms with E-state index in [4.69, 9.17) is 0 Å². The van der Waals surface area contributed by atoms with Gasteiger partial charge in [-0.2, -0.15) is 0 Å². The lowest BCUT2D eigenvalue weighted by molar-refractivity contribution is 1.50. The van der Waals surface area contributed by atoms with Gasteiger partial charge in [-0.3, -0.25) is 0 Å². The summed E-state index contributed by atoms with van der Waals surface area (Å²) < 4.78 is 0. The molecule has 42 heavy (non-hydrogen) atoms. The van der Waals surface area contributed by atoms with E-state index in [1.165, 1.54) is 0 Å². The largest absolute Gasteiger partial charge is 0.0991 e. The normalized spacial score (nSPS) is 13.7. The molecule has 0 amide bonds. The molecule has 0 fully saturated rings. The molecule has 0 aromatic heterocycles. The standard InChI is InChI=1S/C42H42/c1-9-17-21-30-33(16-8)39-37-31-22-23-32-38(37)40(34(24-13-5)27-18-10-2)42(36(26-15-7)29-20-12-4)41(39)35(25-14-6)28-19-11-3/h9-32H,1-3,5-6,8H2,4,7H3/b20-12-,21-17-,26-15-,27-18-,28-19-,33-30+,34-24+,35-25+,36-29+. The van der Waals surface area contributed by atoms with E-state index >= 15 is 0 Å². The summed E-state index contributed by atoms with van der Waals surface area (Å²) in [7, 11) is 0. The molecule has 0 bridgehead atoms. The third-order valence-electron chi connectivity index (χ3n) is 6.35. The van der Waals surface area contributed by atoms with Crippen molar-refractivity contribution >= 4 is 33.1 Å². The fourth-order valence-electron chi connectivity index (χ4n) is 4.75. The predicted molar refractivity (Wildman–Crippen MR) is 194 cm³/mol. The van der Waals surface area contributed by atoms with Crippen molar-refractivity contribution in [2.75, 3.05) is 0 Å². The lowest BCUT2D eigenvalue weighted by Crippen LogP contribution is -2.05. The average molecular weight is 547 g/mol. The highest BCUT2D eigenvalue weighted by molar-refractivity contribution is 6.12. The number of benzene rings is 2. The summed E-state index contributed by atoms with van der Waals surface area (Å²) in [5, 5.41) is 2.20. The molecule has 0 unspecified atom stereocenters. The van der Waals surface area contributed by atoms with Crippen molar-refractivity contribution in [2.24, 2.45) is 0 Å². The minimum atomic E-state index is 0.982. The molecule has 0 radical (unpaired) electrons. The van der Waals surface area contributed by atoms with E-state index < -0.39 is 0 Å². The summed E-state index contributed by atoms with van der Waals surface area (Å²) in [6, 6.07) is 8.51. The molecule has 0 spiro atoms. The highest BCUT2D eigenvalue weighted by Gasteiger charge is 2.24. The van der Waals surface area contributed by atoms with Crippen molar-refractivity contribution < 1.29 is 0 Å². The van der Waals surface area contributed by atoms with Crippen LogP contribution in [0.3, 0.4) is 0 Å². The van der Waals surface area contributed by atoms with Crippen LogP contribution in [0.15, 0.2) is 185 Å². The molecule has 0 aliphatic carbocycles. The molecule has 2 aromatic rings. The summed E-state index contributed by atoms with van der Waals surface area (Å²) in [6.45, 7) is 28.1. The zero-order chi connectivity index (χ0) is 30.7.